The molecule has 4 aromatic rings. The van der Waals surface area contributed by atoms with Crippen LogP contribution < -0.4 is 10.6 Å². The third kappa shape index (κ3) is 3.99. The quantitative estimate of drug-likeness (QED) is 0.483. The minimum Gasteiger partial charge on any atom is -0.384 e. The molecule has 0 atom stereocenters. The van der Waals surface area contributed by atoms with E-state index in [1.807, 2.05) is 18.2 Å². The fraction of sp³-hybridized carbons (Fsp3) is 0.217. The van der Waals surface area contributed by atoms with Gasteiger partial charge in [-0.2, -0.15) is 0 Å². The first-order valence-electron chi connectivity index (χ1n) is 10.1. The number of aromatic nitrogens is 3. The van der Waals surface area contributed by atoms with E-state index in [2.05, 4.69) is 28.1 Å². The molecule has 7 nitrogen and oxygen atoms in total. The monoisotopic (exact) mass is 431 g/mol. The lowest BCUT2D eigenvalue weighted by atomic mass is 10.1. The molecular formula is C23H21N5O2S. The van der Waals surface area contributed by atoms with E-state index in [1.165, 1.54) is 0 Å². The van der Waals surface area contributed by atoms with Gasteiger partial charge in [0.15, 0.2) is 11.6 Å². The van der Waals surface area contributed by atoms with Crippen molar-refractivity contribution in [3.63, 3.8) is 0 Å². The molecule has 4 heterocycles. The third-order valence-corrected chi connectivity index (χ3v) is 6.41. The van der Waals surface area contributed by atoms with Crippen molar-refractivity contribution in [2.45, 2.75) is 6.42 Å². The van der Waals surface area contributed by atoms with E-state index >= 15 is 0 Å². The topological polar surface area (TPSA) is 94.2 Å². The molecule has 1 saturated heterocycles. The van der Waals surface area contributed by atoms with Crippen molar-refractivity contribution >= 4 is 39.5 Å². The highest BCUT2D eigenvalue weighted by Gasteiger charge is 2.20. The van der Waals surface area contributed by atoms with Crippen molar-refractivity contribution in [3.05, 3.63) is 54.2 Å². The summed E-state index contributed by atoms with van der Waals surface area (Å²) in [4.78, 5) is 28.2. The number of hydrogen-bond donors (Lipinski definition) is 1. The van der Waals surface area contributed by atoms with Gasteiger partial charge in [-0.25, -0.2) is 15.0 Å². The average molecular weight is 432 g/mol. The van der Waals surface area contributed by atoms with Crippen LogP contribution in [-0.4, -0.2) is 47.5 Å². The molecule has 0 amide bonds. The first-order valence-corrected chi connectivity index (χ1v) is 10.9. The van der Waals surface area contributed by atoms with Gasteiger partial charge in [0.1, 0.15) is 12.1 Å². The van der Waals surface area contributed by atoms with Crippen LogP contribution in [0, 0.1) is 0 Å². The molecule has 2 N–H and O–H groups in total. The zero-order valence-corrected chi connectivity index (χ0v) is 17.6. The number of thiophene rings is 1. The number of hydrogen-bond acceptors (Lipinski definition) is 8. The lowest BCUT2D eigenvalue weighted by Crippen LogP contribution is -2.36. The lowest BCUT2D eigenvalue weighted by molar-refractivity contribution is -0.107. The molecule has 1 fully saturated rings. The second-order valence-electron chi connectivity index (χ2n) is 7.34. The molecule has 1 aliphatic heterocycles. The molecule has 8 heteroatoms. The number of aldehydes is 1. The van der Waals surface area contributed by atoms with Gasteiger partial charge in [0.25, 0.3) is 0 Å². The van der Waals surface area contributed by atoms with E-state index in [-0.39, 0.29) is 0 Å². The molecule has 0 radical (unpaired) electrons. The molecule has 5 rings (SSSR count). The molecule has 0 unspecified atom stereocenters. The normalized spacial score (nSPS) is 14.1. The molecule has 1 aliphatic rings. The van der Waals surface area contributed by atoms with Gasteiger partial charge >= 0.3 is 0 Å². The summed E-state index contributed by atoms with van der Waals surface area (Å²) in [6.45, 7) is 2.92. The summed E-state index contributed by atoms with van der Waals surface area (Å²) in [7, 11) is 0. The van der Waals surface area contributed by atoms with Crippen LogP contribution in [0.1, 0.15) is 5.56 Å². The summed E-state index contributed by atoms with van der Waals surface area (Å²) in [5.41, 5.74) is 9.54. The third-order valence-electron chi connectivity index (χ3n) is 5.24. The number of ether oxygens (including phenoxy) is 1. The van der Waals surface area contributed by atoms with Crippen molar-refractivity contribution in [3.8, 4) is 21.8 Å². The van der Waals surface area contributed by atoms with E-state index in [9.17, 15) is 4.79 Å². The van der Waals surface area contributed by atoms with Crippen LogP contribution in [0.3, 0.4) is 0 Å². The second-order valence-corrected chi connectivity index (χ2v) is 8.39. The molecule has 156 valence electrons. The van der Waals surface area contributed by atoms with Gasteiger partial charge in [-0.3, -0.25) is 0 Å². The van der Waals surface area contributed by atoms with Crippen LogP contribution in [0.15, 0.2) is 48.7 Å². The summed E-state index contributed by atoms with van der Waals surface area (Å²) in [6.07, 6.45) is 3.04. The summed E-state index contributed by atoms with van der Waals surface area (Å²) >= 11 is 1.67. The SMILES string of the molecule is Nc1ccc(-c2nc(N3CCOCC3)c3sc(-c4cccc(CC=O)c4)cc3n2)cn1. The summed E-state index contributed by atoms with van der Waals surface area (Å²) in [6, 6.07) is 13.8. The zero-order chi connectivity index (χ0) is 21.2. The van der Waals surface area contributed by atoms with Crippen molar-refractivity contribution in [2.75, 3.05) is 36.9 Å². The van der Waals surface area contributed by atoms with Crippen LogP contribution >= 0.6 is 11.3 Å². The van der Waals surface area contributed by atoms with Crippen molar-refractivity contribution in [1.82, 2.24) is 15.0 Å². The van der Waals surface area contributed by atoms with Crippen molar-refractivity contribution in [2.24, 2.45) is 0 Å². The Balaban J connectivity index is 1.65. The molecular weight excluding hydrogens is 410 g/mol. The number of nitrogens with two attached hydrogens (primary N) is 1. The first kappa shape index (κ1) is 19.6. The van der Waals surface area contributed by atoms with E-state index in [0.29, 0.717) is 31.3 Å². The van der Waals surface area contributed by atoms with Crippen LogP contribution in [-0.2, 0) is 16.0 Å². The Morgan fingerprint density at radius 3 is 2.74 bits per heavy atom. The van der Waals surface area contributed by atoms with Gasteiger partial charge in [0, 0.05) is 36.1 Å². The fourth-order valence-electron chi connectivity index (χ4n) is 3.66. The summed E-state index contributed by atoms with van der Waals surface area (Å²) in [5, 5.41) is 0. The minimum atomic E-state index is 0.409. The summed E-state index contributed by atoms with van der Waals surface area (Å²) < 4.78 is 6.58. The van der Waals surface area contributed by atoms with Crippen LogP contribution in [0.2, 0.25) is 0 Å². The standard InChI is InChI=1S/C23H21N5O2S/c24-20-5-4-17(14-25-20)22-26-18-13-19(16-3-1-2-15(12-16)6-9-29)31-21(18)23(27-22)28-7-10-30-11-8-28/h1-5,9,12-14H,6-8,10-11H2,(H2,24,25). The molecule has 3 aromatic heterocycles. The predicted molar refractivity (Wildman–Crippen MR) is 123 cm³/mol. The highest BCUT2D eigenvalue weighted by atomic mass is 32.1. The maximum atomic E-state index is 10.9. The number of carbonyl (C=O) groups is 1. The number of nitrogens with zero attached hydrogens (tertiary/aromatic N) is 4. The Morgan fingerprint density at radius 1 is 1.10 bits per heavy atom. The highest BCUT2D eigenvalue weighted by Crippen LogP contribution is 2.39. The van der Waals surface area contributed by atoms with Crippen molar-refractivity contribution < 1.29 is 9.53 Å². The van der Waals surface area contributed by atoms with E-state index < -0.39 is 0 Å². The Bertz CT molecular complexity index is 1230. The number of carbonyl (C=O) groups excluding carboxylic acids is 1. The van der Waals surface area contributed by atoms with Crippen LogP contribution in [0.25, 0.3) is 32.0 Å². The van der Waals surface area contributed by atoms with Gasteiger partial charge in [-0.15, -0.1) is 11.3 Å². The smallest absolute Gasteiger partial charge is 0.163 e. The van der Waals surface area contributed by atoms with Crippen LogP contribution in [0.5, 0.6) is 0 Å². The van der Waals surface area contributed by atoms with Crippen LogP contribution in [0.4, 0.5) is 11.6 Å². The molecule has 1 aromatic carbocycles. The Labute approximate surface area is 183 Å². The van der Waals surface area contributed by atoms with E-state index in [4.69, 9.17) is 20.4 Å². The minimum absolute atomic E-state index is 0.409. The Morgan fingerprint density at radius 2 is 1.97 bits per heavy atom. The predicted octanol–water partition coefficient (Wildman–Crippen LogP) is 3.58. The van der Waals surface area contributed by atoms with Gasteiger partial charge < -0.3 is 20.2 Å². The summed E-state index contributed by atoms with van der Waals surface area (Å²) in [5.74, 6) is 2.01. The van der Waals surface area contributed by atoms with Gasteiger partial charge in [0.05, 0.1) is 23.4 Å². The molecule has 0 spiro atoms. The lowest BCUT2D eigenvalue weighted by Gasteiger charge is -2.28. The second kappa shape index (κ2) is 8.41. The van der Waals surface area contributed by atoms with Gasteiger partial charge in [-0.05, 0) is 35.4 Å². The number of rotatable bonds is 5. The number of nitrogen functional groups attached to an aromatic ring is 1. The fourth-order valence-corrected chi connectivity index (χ4v) is 4.77. The largest absolute Gasteiger partial charge is 0.384 e. The molecule has 0 aliphatic carbocycles. The van der Waals surface area contributed by atoms with E-state index in [1.54, 1.807) is 23.6 Å². The number of benzene rings is 1. The maximum Gasteiger partial charge on any atom is 0.163 e. The van der Waals surface area contributed by atoms with Gasteiger partial charge in [-0.1, -0.05) is 18.2 Å². The number of anilines is 2. The van der Waals surface area contributed by atoms with Gasteiger partial charge in [0.2, 0.25) is 0 Å². The molecule has 0 saturated carbocycles. The highest BCUT2D eigenvalue weighted by molar-refractivity contribution is 7.22. The van der Waals surface area contributed by atoms with Crippen molar-refractivity contribution in [1.29, 1.82) is 0 Å². The maximum absolute atomic E-state index is 10.9. The van der Waals surface area contributed by atoms with E-state index in [0.717, 1.165) is 57.0 Å². The Kier molecular flexibility index (Phi) is 5.31. The zero-order valence-electron chi connectivity index (χ0n) is 16.8. The number of fused-ring (bicyclic) bond motifs is 1. The Hall–Kier alpha value is -3.36. The molecule has 31 heavy (non-hydrogen) atoms. The average Bonchev–Trinajstić information content (AvgIpc) is 3.24. The molecule has 0 bridgehead atoms. The first-order chi connectivity index (χ1) is 15.2. The number of pyridine rings is 1. The number of morpholine rings is 1.